The Bertz CT molecular complexity index is 627. The number of hydrogen-bond acceptors (Lipinski definition) is 2. The van der Waals surface area contributed by atoms with Crippen molar-refractivity contribution in [3.63, 3.8) is 0 Å². The summed E-state index contributed by atoms with van der Waals surface area (Å²) in [7, 11) is 0. The predicted molar refractivity (Wildman–Crippen MR) is 82.0 cm³/mol. The summed E-state index contributed by atoms with van der Waals surface area (Å²) in [4.78, 5) is 13.0. The quantitative estimate of drug-likeness (QED) is 0.902. The van der Waals surface area contributed by atoms with E-state index in [2.05, 4.69) is 19.2 Å². The average molecular weight is 285 g/mol. The minimum Gasteiger partial charge on any atom is -0.364 e. The fourth-order valence-corrected chi connectivity index (χ4v) is 5.19. The zero-order valence-corrected chi connectivity index (χ0v) is 13.0. The minimum absolute atomic E-state index is 0.0164. The van der Waals surface area contributed by atoms with Gasteiger partial charge in [0.05, 0.1) is 6.61 Å². The topological polar surface area (TPSA) is 38.3 Å². The first-order chi connectivity index (χ1) is 9.93. The fraction of sp³-hybridized carbons (Fsp3) is 0.611. The Morgan fingerprint density at radius 2 is 2.10 bits per heavy atom. The summed E-state index contributed by atoms with van der Waals surface area (Å²) in [6.07, 6.45) is 3.24. The first kappa shape index (κ1) is 13.3. The molecule has 1 N–H and O–H groups in total. The van der Waals surface area contributed by atoms with Crippen molar-refractivity contribution < 1.29 is 9.53 Å². The third-order valence-corrected chi connectivity index (χ3v) is 6.96. The maximum absolute atomic E-state index is 13.0. The van der Waals surface area contributed by atoms with Crippen molar-refractivity contribution in [2.24, 2.45) is 16.7 Å². The number of benzene rings is 1. The molecule has 3 heteroatoms. The van der Waals surface area contributed by atoms with Crippen molar-refractivity contribution in [2.45, 2.75) is 45.6 Å². The van der Waals surface area contributed by atoms with Crippen molar-refractivity contribution in [2.75, 3.05) is 11.9 Å². The Hall–Kier alpha value is -1.35. The number of rotatable bonds is 2. The number of ether oxygens (including phenoxy) is 1. The Morgan fingerprint density at radius 3 is 2.76 bits per heavy atom. The number of anilines is 1. The summed E-state index contributed by atoms with van der Waals surface area (Å²) in [6.45, 7) is 7.34. The van der Waals surface area contributed by atoms with E-state index in [0.717, 1.165) is 30.7 Å². The number of aryl methyl sites for hydroxylation is 1. The molecule has 1 aliphatic heterocycles. The number of nitrogens with one attached hydrogen (secondary N) is 1. The molecule has 1 saturated heterocycles. The van der Waals surface area contributed by atoms with Crippen LogP contribution >= 0.6 is 0 Å². The minimum atomic E-state index is -0.618. The van der Waals surface area contributed by atoms with Gasteiger partial charge in [-0.3, -0.25) is 4.79 Å². The second-order valence-corrected chi connectivity index (χ2v) is 7.57. The van der Waals surface area contributed by atoms with E-state index < -0.39 is 5.60 Å². The third-order valence-electron chi connectivity index (χ3n) is 6.96. The van der Waals surface area contributed by atoms with Gasteiger partial charge in [0.2, 0.25) is 0 Å². The summed E-state index contributed by atoms with van der Waals surface area (Å²) in [5.41, 5.74) is 1.54. The van der Waals surface area contributed by atoms with E-state index in [1.165, 1.54) is 6.42 Å². The first-order valence-corrected chi connectivity index (χ1v) is 7.94. The van der Waals surface area contributed by atoms with Crippen LogP contribution in [0.1, 0.15) is 38.7 Å². The Morgan fingerprint density at radius 1 is 1.33 bits per heavy atom. The zero-order chi connectivity index (χ0) is 14.9. The molecule has 0 radical (unpaired) electrons. The molecule has 0 unspecified atom stereocenters. The third kappa shape index (κ3) is 1.36. The standard InChI is InChI=1S/C18H23NO2/c1-12-6-4-5-7-14(12)19-15(20)18-10-13-8-9-17(18,3)16(13,2)11-21-18/h4-7,13H,8-11H2,1-3H3,(H,19,20)/t13-,16+,17-,18-/m1/s1. The van der Waals surface area contributed by atoms with Crippen molar-refractivity contribution in [3.8, 4) is 0 Å². The lowest BCUT2D eigenvalue weighted by Crippen LogP contribution is -2.52. The van der Waals surface area contributed by atoms with E-state index in [1.807, 2.05) is 31.2 Å². The summed E-state index contributed by atoms with van der Waals surface area (Å²) in [6, 6.07) is 7.94. The number of carbonyl (C=O) groups excluding carboxylic acids is 1. The highest BCUT2D eigenvalue weighted by molar-refractivity contribution is 5.99. The second-order valence-electron chi connectivity index (χ2n) is 7.57. The molecule has 21 heavy (non-hydrogen) atoms. The number of hydrogen-bond donors (Lipinski definition) is 1. The largest absolute Gasteiger partial charge is 0.364 e. The number of carbonyl (C=O) groups is 1. The van der Waals surface area contributed by atoms with Gasteiger partial charge in [0.1, 0.15) is 0 Å². The Kier molecular flexibility index (Phi) is 2.47. The Labute approximate surface area is 126 Å². The van der Waals surface area contributed by atoms with Crippen LogP contribution in [0, 0.1) is 23.7 Å². The van der Waals surface area contributed by atoms with E-state index in [9.17, 15) is 4.79 Å². The lowest BCUT2D eigenvalue weighted by Gasteiger charge is -2.40. The molecule has 1 amide bonds. The molecule has 0 spiro atoms. The van der Waals surface area contributed by atoms with Gasteiger partial charge in [0.25, 0.3) is 5.91 Å². The van der Waals surface area contributed by atoms with Gasteiger partial charge in [-0.25, -0.2) is 0 Å². The lowest BCUT2D eigenvalue weighted by atomic mass is 9.66. The summed E-state index contributed by atoms with van der Waals surface area (Å²) in [5, 5.41) is 3.13. The SMILES string of the molecule is Cc1ccccc1NC(=O)[C@]12C[C@H]3CC[C@]1(C)[C@@]3(C)CO2. The second kappa shape index (κ2) is 3.89. The van der Waals surface area contributed by atoms with Crippen LogP contribution in [0.15, 0.2) is 24.3 Å². The molecule has 4 atom stereocenters. The molecular formula is C18H23NO2. The predicted octanol–water partition coefficient (Wildman–Crippen LogP) is 3.53. The zero-order valence-electron chi connectivity index (χ0n) is 13.0. The van der Waals surface area contributed by atoms with E-state index in [0.29, 0.717) is 5.92 Å². The molecule has 2 aliphatic carbocycles. The van der Waals surface area contributed by atoms with E-state index in [-0.39, 0.29) is 16.7 Å². The first-order valence-electron chi connectivity index (χ1n) is 7.94. The highest BCUT2D eigenvalue weighted by Crippen LogP contribution is 2.75. The average Bonchev–Trinajstić information content (AvgIpc) is 2.93. The van der Waals surface area contributed by atoms with Gasteiger partial charge in [-0.1, -0.05) is 32.0 Å². The van der Waals surface area contributed by atoms with Crippen LogP contribution in [0.2, 0.25) is 0 Å². The highest BCUT2D eigenvalue weighted by Gasteiger charge is 2.78. The van der Waals surface area contributed by atoms with Crippen LogP contribution in [0.25, 0.3) is 0 Å². The molecule has 1 heterocycles. The van der Waals surface area contributed by atoms with Crippen molar-refractivity contribution >= 4 is 11.6 Å². The van der Waals surface area contributed by atoms with Crippen LogP contribution in [0.3, 0.4) is 0 Å². The summed E-state index contributed by atoms with van der Waals surface area (Å²) < 4.78 is 6.14. The molecule has 1 aromatic carbocycles. The van der Waals surface area contributed by atoms with E-state index >= 15 is 0 Å². The molecule has 0 aromatic heterocycles. The van der Waals surface area contributed by atoms with Crippen LogP contribution in [-0.2, 0) is 9.53 Å². The van der Waals surface area contributed by atoms with E-state index in [1.54, 1.807) is 0 Å². The number of para-hydroxylation sites is 1. The van der Waals surface area contributed by atoms with Crippen LogP contribution in [-0.4, -0.2) is 18.1 Å². The monoisotopic (exact) mass is 285 g/mol. The molecule has 3 nitrogen and oxygen atoms in total. The normalized spacial score (nSPS) is 43.3. The van der Waals surface area contributed by atoms with Crippen molar-refractivity contribution in [1.29, 1.82) is 0 Å². The van der Waals surface area contributed by atoms with Crippen LogP contribution < -0.4 is 5.32 Å². The van der Waals surface area contributed by atoms with Gasteiger partial charge in [0, 0.05) is 16.5 Å². The molecule has 2 saturated carbocycles. The van der Waals surface area contributed by atoms with Gasteiger partial charge in [-0.05, 0) is 43.7 Å². The Balaban J connectivity index is 1.68. The van der Waals surface area contributed by atoms with Crippen LogP contribution in [0.4, 0.5) is 5.69 Å². The smallest absolute Gasteiger partial charge is 0.257 e. The maximum atomic E-state index is 13.0. The maximum Gasteiger partial charge on any atom is 0.257 e. The lowest BCUT2D eigenvalue weighted by molar-refractivity contribution is -0.149. The van der Waals surface area contributed by atoms with Gasteiger partial charge >= 0.3 is 0 Å². The highest BCUT2D eigenvalue weighted by atomic mass is 16.5. The van der Waals surface area contributed by atoms with Crippen molar-refractivity contribution in [3.05, 3.63) is 29.8 Å². The van der Waals surface area contributed by atoms with Gasteiger partial charge in [-0.15, -0.1) is 0 Å². The molecule has 1 aromatic rings. The number of amides is 1. The van der Waals surface area contributed by atoms with Crippen LogP contribution in [0.5, 0.6) is 0 Å². The molecule has 112 valence electrons. The molecule has 3 aliphatic rings. The fourth-order valence-electron chi connectivity index (χ4n) is 5.19. The summed E-state index contributed by atoms with van der Waals surface area (Å²) >= 11 is 0. The molecule has 4 rings (SSSR count). The van der Waals surface area contributed by atoms with Gasteiger partial charge in [0.15, 0.2) is 5.60 Å². The summed E-state index contributed by atoms with van der Waals surface area (Å²) in [5.74, 6) is 0.698. The molecule has 3 fully saturated rings. The van der Waals surface area contributed by atoms with E-state index in [4.69, 9.17) is 4.74 Å². The molecule has 4 bridgehead atoms. The molecular weight excluding hydrogens is 262 g/mol. The van der Waals surface area contributed by atoms with Gasteiger partial charge < -0.3 is 10.1 Å². The van der Waals surface area contributed by atoms with Gasteiger partial charge in [-0.2, -0.15) is 0 Å². The van der Waals surface area contributed by atoms with Crippen molar-refractivity contribution in [1.82, 2.24) is 0 Å².